The van der Waals surface area contributed by atoms with Crippen molar-refractivity contribution in [1.29, 1.82) is 5.41 Å². The lowest BCUT2D eigenvalue weighted by Gasteiger charge is -2.11. The van der Waals surface area contributed by atoms with Gasteiger partial charge in [-0.3, -0.25) is 5.41 Å². The number of nitrogens with zero attached hydrogens (tertiary/aromatic N) is 2. The van der Waals surface area contributed by atoms with Crippen molar-refractivity contribution in [2.75, 3.05) is 6.26 Å². The number of nitrogens with one attached hydrogen (secondary N) is 2. The molecule has 4 atom stereocenters. The lowest BCUT2D eigenvalue weighted by molar-refractivity contribution is 0.0208. The molecule has 1 aromatic rings. The lowest BCUT2D eigenvalue weighted by atomic mass is 9.97. The molecule has 0 radical (unpaired) electrons. The van der Waals surface area contributed by atoms with E-state index in [0.29, 0.717) is 11.5 Å². The molecule has 0 bridgehead atoms. The van der Waals surface area contributed by atoms with Gasteiger partial charge in [-0.25, -0.2) is 14.4 Å². The van der Waals surface area contributed by atoms with E-state index >= 15 is 0 Å². The normalized spacial score (nSPS) is 29.8. The Labute approximate surface area is 127 Å². The summed E-state index contributed by atoms with van der Waals surface area (Å²) >= 11 is 1.17. The molecular weight excluding hydrogens is 293 g/mol. The highest BCUT2D eigenvalue weighted by Gasteiger charge is 2.42. The zero-order chi connectivity index (χ0) is 15.6. The van der Waals surface area contributed by atoms with Gasteiger partial charge in [0.05, 0.1) is 18.0 Å². The van der Waals surface area contributed by atoms with Crippen molar-refractivity contribution in [3.63, 3.8) is 0 Å². The predicted octanol–water partition coefficient (Wildman–Crippen LogP) is 2.24. The van der Waals surface area contributed by atoms with Crippen LogP contribution in [-0.2, 0) is 4.74 Å². The second kappa shape index (κ2) is 6.57. The summed E-state index contributed by atoms with van der Waals surface area (Å²) in [5, 5.41) is 7.56. The van der Waals surface area contributed by atoms with Crippen LogP contribution >= 0.6 is 11.8 Å². The summed E-state index contributed by atoms with van der Waals surface area (Å²) in [6.45, 7) is 3.83. The number of rotatable bonds is 3. The zero-order valence-corrected chi connectivity index (χ0v) is 13.1. The molecule has 2 heterocycles. The fourth-order valence-corrected chi connectivity index (χ4v) is 2.59. The Balaban J connectivity index is 2.17. The number of aliphatic imine (C=N–C) groups is 1. The average molecular weight is 313 g/mol. The van der Waals surface area contributed by atoms with Gasteiger partial charge in [-0.15, -0.1) is 0 Å². The Bertz CT molecular complexity index is 546. The fraction of sp³-hybridized carbons (Fsp3) is 0.615. The van der Waals surface area contributed by atoms with Crippen LogP contribution in [0.25, 0.3) is 0 Å². The van der Waals surface area contributed by atoms with E-state index in [2.05, 4.69) is 15.0 Å². The van der Waals surface area contributed by atoms with Crippen molar-refractivity contribution in [3.8, 4) is 0 Å². The van der Waals surface area contributed by atoms with Crippen LogP contribution in [0.5, 0.6) is 0 Å². The largest absolute Gasteiger partial charge is 0.381 e. The number of ether oxygens (including phenoxy) is 1. The Morgan fingerprint density at radius 1 is 1.67 bits per heavy atom. The van der Waals surface area contributed by atoms with Crippen LogP contribution in [0.1, 0.15) is 37.9 Å². The van der Waals surface area contributed by atoms with Gasteiger partial charge in [-0.1, -0.05) is 25.6 Å². The van der Waals surface area contributed by atoms with Crippen molar-refractivity contribution in [2.24, 2.45) is 16.6 Å². The fourth-order valence-electron chi connectivity index (χ4n) is 2.40. The summed E-state index contributed by atoms with van der Waals surface area (Å²) in [4.78, 5) is 10.9. The third-order valence-electron chi connectivity index (χ3n) is 3.66. The van der Waals surface area contributed by atoms with Gasteiger partial charge in [0.15, 0.2) is 16.8 Å². The number of alkyl halides is 1. The third-order valence-corrected chi connectivity index (χ3v) is 4.14. The summed E-state index contributed by atoms with van der Waals surface area (Å²) in [7, 11) is 0. The number of halogens is 1. The van der Waals surface area contributed by atoms with Gasteiger partial charge in [0.1, 0.15) is 12.3 Å². The predicted molar refractivity (Wildman–Crippen MR) is 82.5 cm³/mol. The Morgan fingerprint density at radius 2 is 2.38 bits per heavy atom. The maximum atomic E-state index is 14.3. The van der Waals surface area contributed by atoms with Crippen molar-refractivity contribution < 1.29 is 9.13 Å². The van der Waals surface area contributed by atoms with Gasteiger partial charge >= 0.3 is 0 Å². The van der Waals surface area contributed by atoms with E-state index in [1.807, 2.05) is 13.8 Å². The SMILES string of the molecule is CC[C@H]1O[C@@H](c2cnc(C(N)=NC(=N)SC)[nH]2)[C@H](F)[C@@H]1C. The standard InChI is InChI=1S/C13H20FN5OS/c1-4-8-6(2)9(14)10(20-8)7-5-17-12(18-7)11(15)19-13(16)21-3/h5-6,8-10H,4H2,1-3H3,(H,17,18)(H3,15,16,19)/t6-,8-,9-,10+/m1/s1. The Kier molecular flexibility index (Phi) is 5.00. The maximum Gasteiger partial charge on any atom is 0.181 e. The molecule has 1 fully saturated rings. The van der Waals surface area contributed by atoms with E-state index in [1.54, 1.807) is 6.26 Å². The topological polar surface area (TPSA) is 100 Å². The van der Waals surface area contributed by atoms with Crippen LogP contribution in [-0.4, -0.2) is 39.5 Å². The lowest BCUT2D eigenvalue weighted by Crippen LogP contribution is -2.18. The first kappa shape index (κ1) is 16.0. The van der Waals surface area contributed by atoms with E-state index in [4.69, 9.17) is 15.9 Å². The Morgan fingerprint density at radius 3 is 2.95 bits per heavy atom. The van der Waals surface area contributed by atoms with Crippen molar-refractivity contribution in [2.45, 2.75) is 38.6 Å². The smallest absolute Gasteiger partial charge is 0.181 e. The average Bonchev–Trinajstić information content (AvgIpc) is 3.05. The minimum atomic E-state index is -1.08. The van der Waals surface area contributed by atoms with Crippen molar-refractivity contribution in [3.05, 3.63) is 17.7 Å². The third kappa shape index (κ3) is 3.26. The molecule has 0 aliphatic carbocycles. The molecule has 2 rings (SSSR count). The molecule has 1 aliphatic rings. The van der Waals surface area contributed by atoms with Gasteiger partial charge in [-0.05, 0) is 12.7 Å². The van der Waals surface area contributed by atoms with E-state index in [0.717, 1.165) is 6.42 Å². The molecule has 1 aliphatic heterocycles. The van der Waals surface area contributed by atoms with E-state index < -0.39 is 12.3 Å². The van der Waals surface area contributed by atoms with E-state index in [9.17, 15) is 4.39 Å². The van der Waals surface area contributed by atoms with E-state index in [-0.39, 0.29) is 23.0 Å². The summed E-state index contributed by atoms with van der Waals surface area (Å²) in [5.74, 6) is 0.281. The quantitative estimate of drug-likeness (QED) is 0.588. The van der Waals surface area contributed by atoms with Crippen LogP contribution in [0.4, 0.5) is 4.39 Å². The minimum Gasteiger partial charge on any atom is -0.381 e. The van der Waals surface area contributed by atoms with E-state index in [1.165, 1.54) is 18.0 Å². The zero-order valence-electron chi connectivity index (χ0n) is 12.3. The highest BCUT2D eigenvalue weighted by atomic mass is 32.2. The number of amidine groups is 2. The Hall–Kier alpha value is -1.41. The van der Waals surface area contributed by atoms with Gasteiger partial charge in [0.25, 0.3) is 0 Å². The molecule has 21 heavy (non-hydrogen) atoms. The van der Waals surface area contributed by atoms with Crippen LogP contribution < -0.4 is 5.73 Å². The van der Waals surface area contributed by atoms with Gasteiger partial charge in [0.2, 0.25) is 0 Å². The van der Waals surface area contributed by atoms with Crippen LogP contribution in [0.15, 0.2) is 11.2 Å². The number of imidazole rings is 1. The number of hydrogen-bond acceptors (Lipinski definition) is 4. The highest BCUT2D eigenvalue weighted by molar-refractivity contribution is 8.13. The molecule has 116 valence electrons. The second-order valence-corrected chi connectivity index (χ2v) is 5.80. The second-order valence-electron chi connectivity index (χ2n) is 5.00. The molecule has 0 amide bonds. The molecule has 0 saturated carbocycles. The summed E-state index contributed by atoms with van der Waals surface area (Å²) in [6, 6.07) is 0. The molecule has 6 nitrogen and oxygen atoms in total. The van der Waals surface area contributed by atoms with Crippen LogP contribution in [0.3, 0.4) is 0 Å². The maximum absolute atomic E-state index is 14.3. The van der Waals surface area contributed by atoms with Crippen LogP contribution in [0, 0.1) is 11.3 Å². The van der Waals surface area contributed by atoms with Crippen molar-refractivity contribution in [1.82, 2.24) is 9.97 Å². The molecule has 1 saturated heterocycles. The molecule has 8 heteroatoms. The number of hydrogen-bond donors (Lipinski definition) is 3. The molecule has 4 N–H and O–H groups in total. The van der Waals surface area contributed by atoms with Crippen molar-refractivity contribution >= 4 is 22.8 Å². The van der Waals surface area contributed by atoms with Gasteiger partial charge in [0, 0.05) is 5.92 Å². The molecule has 0 aromatic carbocycles. The minimum absolute atomic E-state index is 0.0885. The van der Waals surface area contributed by atoms with Gasteiger partial charge in [-0.2, -0.15) is 0 Å². The highest BCUT2D eigenvalue weighted by Crippen LogP contribution is 2.39. The number of thioether (sulfide) groups is 1. The van der Waals surface area contributed by atoms with Gasteiger partial charge < -0.3 is 15.5 Å². The monoisotopic (exact) mass is 313 g/mol. The summed E-state index contributed by atoms with van der Waals surface area (Å²) in [6.07, 6.45) is 2.20. The first-order valence-electron chi connectivity index (χ1n) is 6.79. The number of aromatic amines is 1. The summed E-state index contributed by atoms with van der Waals surface area (Å²) in [5.41, 5.74) is 6.32. The number of nitrogens with two attached hydrogens (primary N) is 1. The number of aromatic nitrogens is 2. The molecule has 1 aromatic heterocycles. The summed E-state index contributed by atoms with van der Waals surface area (Å²) < 4.78 is 20.1. The first-order chi connectivity index (χ1) is 9.97. The first-order valence-corrected chi connectivity index (χ1v) is 8.01. The molecular formula is C13H20FN5OS. The molecule has 0 spiro atoms. The molecule has 0 unspecified atom stereocenters. The van der Waals surface area contributed by atoms with Crippen LogP contribution in [0.2, 0.25) is 0 Å². The number of H-pyrrole nitrogens is 1.